The zero-order valence-electron chi connectivity index (χ0n) is 20.3. The van der Waals surface area contributed by atoms with Crippen molar-refractivity contribution in [1.29, 1.82) is 0 Å². The van der Waals surface area contributed by atoms with Gasteiger partial charge in [0.2, 0.25) is 5.91 Å². The Morgan fingerprint density at radius 1 is 1.17 bits per heavy atom. The second-order valence-electron chi connectivity index (χ2n) is 11.4. The summed E-state index contributed by atoms with van der Waals surface area (Å²) >= 11 is 4.54. The van der Waals surface area contributed by atoms with Crippen molar-refractivity contribution in [2.24, 2.45) is 28.6 Å². The number of carbonyl (C=O) groups excluding carboxylic acids is 2. The zero-order valence-corrected chi connectivity index (χ0v) is 21.2. The van der Waals surface area contributed by atoms with Crippen molar-refractivity contribution in [2.45, 2.75) is 73.0 Å². The number of amides is 1. The normalized spacial score (nSPS) is 21.2. The summed E-state index contributed by atoms with van der Waals surface area (Å²) in [4.78, 5) is 23.0. The van der Waals surface area contributed by atoms with Gasteiger partial charge in [-0.05, 0) is 43.2 Å². The van der Waals surface area contributed by atoms with Crippen molar-refractivity contribution in [3.63, 3.8) is 0 Å². The van der Waals surface area contributed by atoms with Crippen LogP contribution in [0.15, 0.2) is 0 Å². The van der Waals surface area contributed by atoms with Gasteiger partial charge in [-0.3, -0.25) is 4.79 Å². The van der Waals surface area contributed by atoms with Crippen molar-refractivity contribution in [2.75, 3.05) is 33.2 Å². The Balaban J connectivity index is 0.000000665. The van der Waals surface area contributed by atoms with Gasteiger partial charge in [-0.2, -0.15) is 12.6 Å². The molecule has 1 heterocycles. The van der Waals surface area contributed by atoms with Gasteiger partial charge in [-0.15, -0.1) is 0 Å². The number of aldehydes is 1. The Morgan fingerprint density at radius 2 is 1.76 bits per heavy atom. The van der Waals surface area contributed by atoms with E-state index in [4.69, 9.17) is 0 Å². The molecule has 1 aliphatic heterocycles. The molecule has 0 saturated carbocycles. The molecule has 0 aromatic carbocycles. The number of carbonyl (C=O) groups is 2. The van der Waals surface area contributed by atoms with Crippen LogP contribution in [0.25, 0.3) is 0 Å². The molecular weight excluding hydrogens is 382 g/mol. The molecule has 1 saturated heterocycles. The van der Waals surface area contributed by atoms with Gasteiger partial charge in [0.05, 0.1) is 5.92 Å². The second-order valence-corrected chi connectivity index (χ2v) is 12.6. The van der Waals surface area contributed by atoms with Crippen molar-refractivity contribution >= 4 is 24.8 Å². The van der Waals surface area contributed by atoms with E-state index in [1.807, 2.05) is 7.05 Å². The van der Waals surface area contributed by atoms with Crippen LogP contribution in [0.4, 0.5) is 0 Å². The molecule has 0 aliphatic carbocycles. The van der Waals surface area contributed by atoms with Gasteiger partial charge in [-0.25, -0.2) is 0 Å². The maximum absolute atomic E-state index is 12.1. The number of nitrogens with one attached hydrogen (secondary N) is 3. The average molecular weight is 430 g/mol. The molecule has 5 nitrogen and oxygen atoms in total. The first-order valence-electron chi connectivity index (χ1n) is 10.9. The Labute approximate surface area is 185 Å². The van der Waals surface area contributed by atoms with Gasteiger partial charge < -0.3 is 20.7 Å². The highest BCUT2D eigenvalue weighted by Gasteiger charge is 2.34. The third-order valence-electron chi connectivity index (χ3n) is 4.94. The third-order valence-corrected chi connectivity index (χ3v) is 5.10. The first-order chi connectivity index (χ1) is 13.1. The fourth-order valence-electron chi connectivity index (χ4n) is 4.29. The van der Waals surface area contributed by atoms with Gasteiger partial charge in [0.15, 0.2) is 0 Å². The molecule has 0 radical (unpaired) electrons. The lowest BCUT2D eigenvalue weighted by molar-refractivity contribution is -0.128. The minimum absolute atomic E-state index is 0.0103. The first kappa shape index (κ1) is 28.4. The maximum atomic E-state index is 12.1. The fraction of sp³-hybridized carbons (Fsp3) is 0.913. The highest BCUT2D eigenvalue weighted by atomic mass is 32.1. The highest BCUT2D eigenvalue weighted by molar-refractivity contribution is 7.81. The van der Waals surface area contributed by atoms with Crippen LogP contribution in [-0.2, 0) is 9.59 Å². The van der Waals surface area contributed by atoms with Gasteiger partial charge in [0.1, 0.15) is 6.29 Å². The Morgan fingerprint density at radius 3 is 2.21 bits per heavy atom. The van der Waals surface area contributed by atoms with Gasteiger partial charge in [0.25, 0.3) is 0 Å². The van der Waals surface area contributed by atoms with Crippen molar-refractivity contribution in [3.8, 4) is 0 Å². The molecule has 0 aromatic heterocycles. The van der Waals surface area contributed by atoms with E-state index in [9.17, 15) is 9.59 Å². The van der Waals surface area contributed by atoms with E-state index < -0.39 is 0 Å². The molecule has 172 valence electrons. The number of hydrogen-bond donors (Lipinski definition) is 4. The molecule has 6 heteroatoms. The fourth-order valence-corrected chi connectivity index (χ4v) is 4.71. The smallest absolute Gasteiger partial charge is 0.225 e. The second kappa shape index (κ2) is 12.3. The molecule has 1 amide bonds. The SMILES string of the molecule is CC(C)(S)CC(C)(C)CNC(=O)C1CNCC1C=O.CNCC(C)CC(C)(C)C. The molecule has 3 atom stereocenters. The standard InChI is InChI=1S/C14H26N2O2S.C9H21N/c1-13(2,8-14(3,4)19)9-16-12(18)11-6-15-5-10(11)7-17;1-8(7-10-5)6-9(2,3)4/h7,10-11,15,19H,5-6,8-9H2,1-4H3,(H,16,18);8,10H,6-7H2,1-5H3. The molecule has 3 N–H and O–H groups in total. The topological polar surface area (TPSA) is 70.2 Å². The van der Waals surface area contributed by atoms with Gasteiger partial charge in [0, 0.05) is 30.3 Å². The molecule has 1 aliphatic rings. The van der Waals surface area contributed by atoms with E-state index in [2.05, 4.69) is 84.0 Å². The minimum Gasteiger partial charge on any atom is -0.355 e. The number of thiol groups is 1. The summed E-state index contributed by atoms with van der Waals surface area (Å²) in [6.45, 7) is 20.5. The summed E-state index contributed by atoms with van der Waals surface area (Å²) in [6, 6.07) is 0. The van der Waals surface area contributed by atoms with Crippen LogP contribution >= 0.6 is 12.6 Å². The summed E-state index contributed by atoms with van der Waals surface area (Å²) in [6.07, 6.45) is 3.09. The Kier molecular flexibility index (Phi) is 12.1. The van der Waals surface area contributed by atoms with Crippen LogP contribution in [0, 0.1) is 28.6 Å². The van der Waals surface area contributed by atoms with E-state index in [-0.39, 0.29) is 27.9 Å². The van der Waals surface area contributed by atoms with E-state index in [0.717, 1.165) is 25.2 Å². The van der Waals surface area contributed by atoms with Crippen molar-refractivity contribution in [1.82, 2.24) is 16.0 Å². The summed E-state index contributed by atoms with van der Waals surface area (Å²) in [7, 11) is 2.01. The molecular formula is C23H47N3O2S. The molecule has 3 unspecified atom stereocenters. The Hall–Kier alpha value is -0.590. The molecule has 0 aromatic rings. The van der Waals surface area contributed by atoms with E-state index >= 15 is 0 Å². The zero-order chi connectivity index (χ0) is 22.9. The quantitative estimate of drug-likeness (QED) is 0.334. The monoisotopic (exact) mass is 429 g/mol. The van der Waals surface area contributed by atoms with E-state index in [1.165, 1.54) is 6.42 Å². The average Bonchev–Trinajstić information content (AvgIpc) is 2.98. The molecule has 1 fully saturated rings. The molecule has 0 spiro atoms. The lowest BCUT2D eigenvalue weighted by atomic mass is 9.83. The van der Waals surface area contributed by atoms with Gasteiger partial charge >= 0.3 is 0 Å². The van der Waals surface area contributed by atoms with Gasteiger partial charge in [-0.1, -0.05) is 55.4 Å². The van der Waals surface area contributed by atoms with Crippen molar-refractivity contribution < 1.29 is 9.59 Å². The largest absolute Gasteiger partial charge is 0.355 e. The summed E-state index contributed by atoms with van der Waals surface area (Å²) in [5.74, 6) is 0.360. The van der Waals surface area contributed by atoms with Crippen LogP contribution in [0.5, 0.6) is 0 Å². The van der Waals surface area contributed by atoms with Crippen LogP contribution in [0.1, 0.15) is 68.2 Å². The highest BCUT2D eigenvalue weighted by Crippen LogP contribution is 2.31. The molecule has 0 bridgehead atoms. The first-order valence-corrected chi connectivity index (χ1v) is 11.4. The number of rotatable bonds is 9. The minimum atomic E-state index is -0.225. The predicted octanol–water partition coefficient (Wildman–Crippen LogP) is 3.54. The third kappa shape index (κ3) is 14.1. The summed E-state index contributed by atoms with van der Waals surface area (Å²) in [5.41, 5.74) is 0.472. The van der Waals surface area contributed by atoms with E-state index in [1.54, 1.807) is 0 Å². The molecule has 1 rings (SSSR count). The van der Waals surface area contributed by atoms with Crippen LogP contribution in [-0.4, -0.2) is 50.2 Å². The van der Waals surface area contributed by atoms with Crippen LogP contribution in [0.2, 0.25) is 0 Å². The lowest BCUT2D eigenvalue weighted by Crippen LogP contribution is -2.41. The predicted molar refractivity (Wildman–Crippen MR) is 128 cm³/mol. The van der Waals surface area contributed by atoms with Crippen LogP contribution < -0.4 is 16.0 Å². The summed E-state index contributed by atoms with van der Waals surface area (Å²) < 4.78 is -0.0610. The summed E-state index contributed by atoms with van der Waals surface area (Å²) in [5, 5.41) is 9.26. The Bertz CT molecular complexity index is 495. The molecule has 29 heavy (non-hydrogen) atoms. The lowest BCUT2D eigenvalue weighted by Gasteiger charge is -2.32. The maximum Gasteiger partial charge on any atom is 0.225 e. The van der Waals surface area contributed by atoms with E-state index in [0.29, 0.717) is 25.0 Å². The van der Waals surface area contributed by atoms with Crippen molar-refractivity contribution in [3.05, 3.63) is 0 Å². The van der Waals surface area contributed by atoms with Crippen LogP contribution in [0.3, 0.4) is 0 Å². The number of hydrogen-bond acceptors (Lipinski definition) is 5.